The number of piperidine rings is 1. The van der Waals surface area contributed by atoms with Crippen molar-refractivity contribution in [3.63, 3.8) is 0 Å². The van der Waals surface area contributed by atoms with Gasteiger partial charge in [0.05, 0.1) is 12.4 Å². The molecule has 0 saturated carbocycles. The van der Waals surface area contributed by atoms with Crippen molar-refractivity contribution in [1.82, 2.24) is 4.90 Å². The first-order chi connectivity index (χ1) is 10.4. The fraction of sp³-hybridized carbons (Fsp3) is 0.533. The molecule has 0 aromatic heterocycles. The van der Waals surface area contributed by atoms with Crippen LogP contribution in [-0.4, -0.2) is 57.5 Å². The van der Waals surface area contributed by atoms with Crippen LogP contribution in [0.3, 0.4) is 0 Å². The molecule has 0 unspecified atom stereocenters. The summed E-state index contributed by atoms with van der Waals surface area (Å²) in [5.74, 6) is 1.10. The number of rotatable bonds is 5. The van der Waals surface area contributed by atoms with Crippen LogP contribution in [0.4, 0.5) is 0 Å². The Morgan fingerprint density at radius 3 is 2.50 bits per heavy atom. The van der Waals surface area contributed by atoms with Crippen molar-refractivity contribution in [3.8, 4) is 11.5 Å². The van der Waals surface area contributed by atoms with Crippen molar-refractivity contribution in [2.75, 3.05) is 33.1 Å². The number of hydrogen-bond acceptors (Lipinski definition) is 5. The summed E-state index contributed by atoms with van der Waals surface area (Å²) in [6, 6.07) is 7.05. The summed E-state index contributed by atoms with van der Waals surface area (Å²) < 4.78 is 33.5. The van der Waals surface area contributed by atoms with Gasteiger partial charge >= 0.3 is 0 Å². The van der Waals surface area contributed by atoms with Crippen LogP contribution in [0.2, 0.25) is 0 Å². The van der Waals surface area contributed by atoms with E-state index in [-0.39, 0.29) is 17.8 Å². The second-order valence-corrected chi connectivity index (χ2v) is 7.70. The molecule has 1 aromatic carbocycles. The molecule has 22 heavy (non-hydrogen) atoms. The van der Waals surface area contributed by atoms with Crippen LogP contribution in [0.5, 0.6) is 11.5 Å². The van der Waals surface area contributed by atoms with Gasteiger partial charge in [-0.2, -0.15) is 0 Å². The van der Waals surface area contributed by atoms with Gasteiger partial charge < -0.3 is 14.4 Å². The lowest BCUT2D eigenvalue weighted by molar-refractivity contribution is -0.134. The fourth-order valence-electron chi connectivity index (χ4n) is 2.46. The average molecular weight is 327 g/mol. The van der Waals surface area contributed by atoms with Crippen molar-refractivity contribution in [3.05, 3.63) is 24.3 Å². The van der Waals surface area contributed by atoms with Crippen LogP contribution in [0.1, 0.15) is 12.8 Å². The van der Waals surface area contributed by atoms with Crippen molar-refractivity contribution in [2.24, 2.45) is 0 Å². The number of sulfone groups is 1. The van der Waals surface area contributed by atoms with E-state index in [2.05, 4.69) is 0 Å². The molecular formula is C15H21NO5S. The molecule has 1 aromatic rings. The monoisotopic (exact) mass is 327 g/mol. The summed E-state index contributed by atoms with van der Waals surface area (Å²) in [4.78, 5) is 13.8. The molecule has 1 saturated heterocycles. The third kappa shape index (κ3) is 4.37. The summed E-state index contributed by atoms with van der Waals surface area (Å²) in [6.45, 7) is 0.854. The zero-order valence-corrected chi connectivity index (χ0v) is 13.6. The lowest BCUT2D eigenvalue weighted by Crippen LogP contribution is -2.44. The van der Waals surface area contributed by atoms with E-state index in [1.54, 1.807) is 36.3 Å². The molecule has 2 rings (SSSR count). The molecular weight excluding hydrogens is 306 g/mol. The standard InChI is InChI=1S/C15H21NO5S/c1-20-12-4-3-5-13(10-12)21-11-15(17)16-8-6-14(7-9-16)22(2,18)19/h3-5,10,14H,6-9,11H2,1-2H3. The first-order valence-corrected chi connectivity index (χ1v) is 9.09. The first kappa shape index (κ1) is 16.6. The quantitative estimate of drug-likeness (QED) is 0.810. The third-order valence-corrected chi connectivity index (χ3v) is 5.49. The maximum atomic E-state index is 12.1. The van der Waals surface area contributed by atoms with Crippen molar-refractivity contribution in [1.29, 1.82) is 0 Å². The molecule has 1 amide bonds. The zero-order valence-electron chi connectivity index (χ0n) is 12.8. The number of hydrogen-bond donors (Lipinski definition) is 0. The van der Waals surface area contributed by atoms with Crippen LogP contribution < -0.4 is 9.47 Å². The average Bonchev–Trinajstić information content (AvgIpc) is 2.52. The van der Waals surface area contributed by atoms with E-state index in [9.17, 15) is 13.2 Å². The normalized spacial score (nSPS) is 16.4. The molecule has 1 heterocycles. The molecule has 122 valence electrons. The summed E-state index contributed by atoms with van der Waals surface area (Å²) >= 11 is 0. The maximum Gasteiger partial charge on any atom is 0.260 e. The molecule has 1 fully saturated rings. The van der Waals surface area contributed by atoms with Crippen LogP contribution in [-0.2, 0) is 14.6 Å². The molecule has 6 nitrogen and oxygen atoms in total. The van der Waals surface area contributed by atoms with E-state index in [1.807, 2.05) is 0 Å². The Morgan fingerprint density at radius 1 is 1.27 bits per heavy atom. The summed E-state index contributed by atoms with van der Waals surface area (Å²) in [6.07, 6.45) is 2.23. The largest absolute Gasteiger partial charge is 0.497 e. The minimum absolute atomic E-state index is 0.0588. The highest BCUT2D eigenvalue weighted by atomic mass is 32.2. The van der Waals surface area contributed by atoms with Gasteiger partial charge in [0.1, 0.15) is 21.3 Å². The summed E-state index contributed by atoms with van der Waals surface area (Å²) in [5, 5.41) is -0.337. The van der Waals surface area contributed by atoms with Crippen LogP contribution in [0, 0.1) is 0 Å². The van der Waals surface area contributed by atoms with Gasteiger partial charge in [0, 0.05) is 25.4 Å². The minimum Gasteiger partial charge on any atom is -0.497 e. The lowest BCUT2D eigenvalue weighted by Gasteiger charge is -2.31. The zero-order chi connectivity index (χ0) is 16.2. The van der Waals surface area contributed by atoms with Crippen molar-refractivity contribution in [2.45, 2.75) is 18.1 Å². The summed E-state index contributed by atoms with van der Waals surface area (Å²) in [5.41, 5.74) is 0. The lowest BCUT2D eigenvalue weighted by atomic mass is 10.1. The molecule has 0 N–H and O–H groups in total. The predicted molar refractivity (Wildman–Crippen MR) is 82.9 cm³/mol. The SMILES string of the molecule is COc1cccc(OCC(=O)N2CCC(S(C)(=O)=O)CC2)c1. The third-order valence-electron chi connectivity index (χ3n) is 3.80. The van der Waals surface area contributed by atoms with Crippen LogP contribution in [0.25, 0.3) is 0 Å². The number of methoxy groups -OCH3 is 1. The van der Waals surface area contributed by atoms with E-state index >= 15 is 0 Å². The molecule has 0 atom stereocenters. The predicted octanol–water partition coefficient (Wildman–Crippen LogP) is 1.11. The number of likely N-dealkylation sites (tertiary alicyclic amines) is 1. The maximum absolute atomic E-state index is 12.1. The highest BCUT2D eigenvalue weighted by Crippen LogP contribution is 2.20. The second kappa shape index (κ2) is 7.00. The van der Waals surface area contributed by atoms with Gasteiger partial charge in [0.2, 0.25) is 0 Å². The number of ether oxygens (including phenoxy) is 2. The number of carbonyl (C=O) groups is 1. The number of nitrogens with zero attached hydrogens (tertiary/aromatic N) is 1. The minimum atomic E-state index is -3.02. The molecule has 7 heteroatoms. The smallest absolute Gasteiger partial charge is 0.260 e. The number of benzene rings is 1. The Hall–Kier alpha value is -1.76. The van der Waals surface area contributed by atoms with Crippen molar-refractivity contribution >= 4 is 15.7 Å². The Labute approximate surface area is 130 Å². The van der Waals surface area contributed by atoms with Crippen molar-refractivity contribution < 1.29 is 22.7 Å². The number of carbonyl (C=O) groups excluding carboxylic acids is 1. The molecule has 0 spiro atoms. The Kier molecular flexibility index (Phi) is 5.28. The Bertz CT molecular complexity index is 621. The highest BCUT2D eigenvalue weighted by molar-refractivity contribution is 7.91. The Balaban J connectivity index is 1.83. The summed E-state index contributed by atoms with van der Waals surface area (Å²) in [7, 11) is -1.46. The van der Waals surface area contributed by atoms with Gasteiger partial charge in [-0.05, 0) is 25.0 Å². The fourth-order valence-corrected chi connectivity index (χ4v) is 3.53. The van der Waals surface area contributed by atoms with Gasteiger partial charge in [-0.15, -0.1) is 0 Å². The van der Waals surface area contributed by atoms with E-state index in [4.69, 9.17) is 9.47 Å². The Morgan fingerprint density at radius 2 is 1.91 bits per heavy atom. The van der Waals surface area contributed by atoms with Crippen LogP contribution >= 0.6 is 0 Å². The van der Waals surface area contributed by atoms with Gasteiger partial charge in [-0.3, -0.25) is 4.79 Å². The van der Waals surface area contributed by atoms with E-state index in [1.165, 1.54) is 6.26 Å². The first-order valence-electron chi connectivity index (χ1n) is 7.13. The molecule has 0 bridgehead atoms. The molecule has 0 aliphatic carbocycles. The van der Waals surface area contributed by atoms with Gasteiger partial charge in [-0.25, -0.2) is 8.42 Å². The van der Waals surface area contributed by atoms with E-state index in [0.717, 1.165) is 0 Å². The van der Waals surface area contributed by atoms with Gasteiger partial charge in [-0.1, -0.05) is 6.07 Å². The molecule has 1 aliphatic heterocycles. The van der Waals surface area contributed by atoms with E-state index < -0.39 is 9.84 Å². The van der Waals surface area contributed by atoms with Crippen LogP contribution in [0.15, 0.2) is 24.3 Å². The second-order valence-electron chi connectivity index (χ2n) is 5.38. The highest BCUT2D eigenvalue weighted by Gasteiger charge is 2.28. The topological polar surface area (TPSA) is 72.9 Å². The molecule has 1 aliphatic rings. The van der Waals surface area contributed by atoms with E-state index in [0.29, 0.717) is 37.4 Å². The molecule has 0 radical (unpaired) electrons. The number of amides is 1. The van der Waals surface area contributed by atoms with Gasteiger partial charge in [0.25, 0.3) is 5.91 Å². The van der Waals surface area contributed by atoms with Gasteiger partial charge in [0.15, 0.2) is 6.61 Å².